The number of hydrogen-bond donors (Lipinski definition) is 2. The molecule has 22 heavy (non-hydrogen) atoms. The number of nitriles is 1. The summed E-state index contributed by atoms with van der Waals surface area (Å²) in [4.78, 5) is 11.5. The van der Waals surface area contributed by atoms with Gasteiger partial charge < -0.3 is 10.8 Å². The van der Waals surface area contributed by atoms with Crippen LogP contribution in [0.1, 0.15) is 22.8 Å². The van der Waals surface area contributed by atoms with Crippen LogP contribution in [0.2, 0.25) is 5.02 Å². The van der Waals surface area contributed by atoms with Crippen molar-refractivity contribution in [2.24, 2.45) is 5.73 Å². The summed E-state index contributed by atoms with van der Waals surface area (Å²) < 4.78 is 0. The monoisotopic (exact) mass is 356 g/mol. The van der Waals surface area contributed by atoms with Crippen LogP contribution >= 0.6 is 35.3 Å². The molecule has 116 valence electrons. The van der Waals surface area contributed by atoms with E-state index in [1.54, 1.807) is 18.2 Å². The van der Waals surface area contributed by atoms with Crippen LogP contribution < -0.4 is 5.73 Å². The van der Waals surface area contributed by atoms with Gasteiger partial charge in [0.05, 0.1) is 6.42 Å². The van der Waals surface area contributed by atoms with Crippen LogP contribution in [-0.4, -0.2) is 17.6 Å². The molecule has 1 unspecified atom stereocenters. The Bertz CT molecular complexity index is 710. The lowest BCUT2D eigenvalue weighted by atomic mass is 9.93. The van der Waals surface area contributed by atoms with E-state index in [-0.39, 0.29) is 31.3 Å². The summed E-state index contributed by atoms with van der Waals surface area (Å²) in [5.41, 5.74) is 8.15. The number of hydrogen-bond acceptors (Lipinski definition) is 4. The number of thiophene rings is 1. The van der Waals surface area contributed by atoms with Crippen molar-refractivity contribution in [3.8, 4) is 17.2 Å². The third kappa shape index (κ3) is 4.21. The van der Waals surface area contributed by atoms with Gasteiger partial charge in [-0.2, -0.15) is 5.26 Å². The number of halogens is 2. The molecule has 0 saturated heterocycles. The van der Waals surface area contributed by atoms with Crippen LogP contribution in [0.15, 0.2) is 29.6 Å². The molecule has 0 saturated carbocycles. The van der Waals surface area contributed by atoms with Gasteiger partial charge in [-0.3, -0.25) is 4.79 Å². The molecular formula is C15H14Cl2N2O2S. The highest BCUT2D eigenvalue weighted by Gasteiger charge is 2.16. The smallest absolute Gasteiger partial charge is 0.304 e. The number of carboxylic acids is 1. The lowest BCUT2D eigenvalue weighted by Crippen LogP contribution is -2.16. The minimum Gasteiger partial charge on any atom is -0.481 e. The highest BCUT2D eigenvalue weighted by Crippen LogP contribution is 2.34. The Labute approximate surface area is 143 Å². The minimum absolute atomic E-state index is 0. The largest absolute Gasteiger partial charge is 0.481 e. The SMILES string of the molecule is Cl.N#Cc1cc(-c2cc(C(CN)CC(=O)O)ccc2Cl)cs1. The van der Waals surface area contributed by atoms with Gasteiger partial charge in [0.2, 0.25) is 0 Å². The predicted octanol–water partition coefficient (Wildman–Crippen LogP) is 3.88. The molecule has 3 N–H and O–H groups in total. The van der Waals surface area contributed by atoms with E-state index in [9.17, 15) is 4.79 Å². The van der Waals surface area contributed by atoms with Crippen LogP contribution in [0, 0.1) is 11.3 Å². The Morgan fingerprint density at radius 2 is 2.18 bits per heavy atom. The first-order valence-electron chi connectivity index (χ1n) is 6.25. The second-order valence-electron chi connectivity index (χ2n) is 4.58. The number of aliphatic carboxylic acids is 1. The van der Waals surface area contributed by atoms with Gasteiger partial charge in [0, 0.05) is 16.5 Å². The number of carbonyl (C=O) groups is 1. The molecule has 0 amide bonds. The van der Waals surface area contributed by atoms with Gasteiger partial charge in [-0.1, -0.05) is 17.7 Å². The van der Waals surface area contributed by atoms with Crippen LogP contribution in [0.3, 0.4) is 0 Å². The first kappa shape index (κ1) is 18.5. The molecule has 0 aliphatic heterocycles. The van der Waals surface area contributed by atoms with Crippen LogP contribution in [0.4, 0.5) is 0 Å². The maximum Gasteiger partial charge on any atom is 0.304 e. The van der Waals surface area contributed by atoms with Gasteiger partial charge in [0.15, 0.2) is 0 Å². The fraction of sp³-hybridized carbons (Fsp3) is 0.200. The highest BCUT2D eigenvalue weighted by molar-refractivity contribution is 7.10. The molecule has 0 aliphatic carbocycles. The number of nitrogens with zero attached hydrogens (tertiary/aromatic N) is 1. The van der Waals surface area contributed by atoms with E-state index in [1.165, 1.54) is 11.3 Å². The van der Waals surface area contributed by atoms with Crippen molar-refractivity contribution in [3.63, 3.8) is 0 Å². The van der Waals surface area contributed by atoms with E-state index < -0.39 is 5.97 Å². The first-order chi connectivity index (χ1) is 10.0. The second kappa shape index (κ2) is 8.16. The topological polar surface area (TPSA) is 87.1 Å². The Morgan fingerprint density at radius 1 is 1.45 bits per heavy atom. The summed E-state index contributed by atoms with van der Waals surface area (Å²) in [5.74, 6) is -1.14. The van der Waals surface area contributed by atoms with Crippen LogP contribution in [-0.2, 0) is 4.79 Å². The van der Waals surface area contributed by atoms with Crippen molar-refractivity contribution in [3.05, 3.63) is 45.1 Å². The maximum atomic E-state index is 10.9. The Balaban J connectivity index is 0.00000242. The van der Waals surface area contributed by atoms with Crippen molar-refractivity contribution in [1.29, 1.82) is 5.26 Å². The molecule has 0 aliphatic rings. The Hall–Kier alpha value is -1.58. The molecule has 1 aromatic heterocycles. The molecule has 2 aromatic rings. The molecule has 0 fully saturated rings. The molecular weight excluding hydrogens is 343 g/mol. The lowest BCUT2D eigenvalue weighted by Gasteiger charge is -2.14. The number of carboxylic acid groups (broad SMARTS) is 1. The van der Waals surface area contributed by atoms with Gasteiger partial charge in [-0.25, -0.2) is 0 Å². The second-order valence-corrected chi connectivity index (χ2v) is 5.90. The molecule has 1 atom stereocenters. The minimum atomic E-state index is -0.885. The number of rotatable bonds is 5. The maximum absolute atomic E-state index is 10.9. The summed E-state index contributed by atoms with van der Waals surface area (Å²) in [6.45, 7) is 0.250. The number of benzene rings is 1. The Kier molecular flexibility index (Phi) is 6.85. The summed E-state index contributed by atoms with van der Waals surface area (Å²) in [6.07, 6.45) is -0.0232. The third-order valence-corrected chi connectivity index (χ3v) is 4.35. The molecule has 0 spiro atoms. The highest BCUT2D eigenvalue weighted by atomic mass is 35.5. The molecule has 4 nitrogen and oxygen atoms in total. The average molecular weight is 357 g/mol. The third-order valence-electron chi connectivity index (χ3n) is 3.19. The van der Waals surface area contributed by atoms with E-state index in [0.717, 1.165) is 16.7 Å². The summed E-state index contributed by atoms with van der Waals surface area (Å²) in [6, 6.07) is 9.24. The van der Waals surface area contributed by atoms with Crippen molar-refractivity contribution < 1.29 is 9.90 Å². The fourth-order valence-electron chi connectivity index (χ4n) is 2.10. The molecule has 0 bridgehead atoms. The Morgan fingerprint density at radius 3 is 2.73 bits per heavy atom. The van der Waals surface area contributed by atoms with Crippen LogP contribution in [0.5, 0.6) is 0 Å². The quantitative estimate of drug-likeness (QED) is 0.850. The molecule has 1 heterocycles. The zero-order chi connectivity index (χ0) is 15.4. The lowest BCUT2D eigenvalue weighted by molar-refractivity contribution is -0.137. The zero-order valence-corrected chi connectivity index (χ0v) is 13.8. The van der Waals surface area contributed by atoms with Gasteiger partial charge in [-0.15, -0.1) is 23.7 Å². The van der Waals surface area contributed by atoms with E-state index >= 15 is 0 Å². The molecule has 0 radical (unpaired) electrons. The first-order valence-corrected chi connectivity index (χ1v) is 7.51. The fourth-order valence-corrected chi connectivity index (χ4v) is 3.03. The van der Waals surface area contributed by atoms with Crippen molar-refractivity contribution >= 4 is 41.3 Å². The van der Waals surface area contributed by atoms with E-state index in [2.05, 4.69) is 6.07 Å². The standard InChI is InChI=1S/C15H13ClN2O2S.ClH/c16-14-2-1-9(10(6-17)5-15(19)20)4-13(14)11-3-12(7-18)21-8-11;/h1-4,8,10H,5-6,17H2,(H,19,20);1H. The summed E-state index contributed by atoms with van der Waals surface area (Å²) in [5, 5.41) is 20.3. The molecule has 2 rings (SSSR count). The predicted molar refractivity (Wildman–Crippen MR) is 90.8 cm³/mol. The molecule has 1 aromatic carbocycles. The molecule has 7 heteroatoms. The van der Waals surface area contributed by atoms with E-state index in [1.807, 2.05) is 11.4 Å². The number of nitrogens with two attached hydrogens (primary N) is 1. The zero-order valence-electron chi connectivity index (χ0n) is 11.5. The van der Waals surface area contributed by atoms with E-state index in [4.69, 9.17) is 27.7 Å². The van der Waals surface area contributed by atoms with Crippen molar-refractivity contribution in [2.75, 3.05) is 6.54 Å². The van der Waals surface area contributed by atoms with Gasteiger partial charge in [0.25, 0.3) is 0 Å². The summed E-state index contributed by atoms with van der Waals surface area (Å²) in [7, 11) is 0. The summed E-state index contributed by atoms with van der Waals surface area (Å²) >= 11 is 7.56. The van der Waals surface area contributed by atoms with Crippen LogP contribution in [0.25, 0.3) is 11.1 Å². The van der Waals surface area contributed by atoms with Crippen molar-refractivity contribution in [2.45, 2.75) is 12.3 Å². The van der Waals surface area contributed by atoms with Gasteiger partial charge in [0.1, 0.15) is 10.9 Å². The van der Waals surface area contributed by atoms with Gasteiger partial charge in [-0.05, 0) is 41.3 Å². The average Bonchev–Trinajstić information content (AvgIpc) is 2.94. The van der Waals surface area contributed by atoms with E-state index in [0.29, 0.717) is 9.90 Å². The van der Waals surface area contributed by atoms with Gasteiger partial charge >= 0.3 is 5.97 Å². The van der Waals surface area contributed by atoms with Crippen molar-refractivity contribution in [1.82, 2.24) is 0 Å². The normalized spacial score (nSPS) is 11.3.